The zero-order chi connectivity index (χ0) is 13.6. The van der Waals surface area contributed by atoms with Crippen molar-refractivity contribution in [2.45, 2.75) is 20.4 Å². The van der Waals surface area contributed by atoms with Crippen LogP contribution in [0.25, 0.3) is 11.1 Å². The largest absolute Gasteiger partial charge is 0.292 e. The van der Waals surface area contributed by atoms with E-state index >= 15 is 0 Å². The molecule has 1 aromatic carbocycles. The molecule has 0 saturated carbocycles. The van der Waals surface area contributed by atoms with Gasteiger partial charge >= 0.3 is 0 Å². The molecule has 0 fully saturated rings. The van der Waals surface area contributed by atoms with Gasteiger partial charge in [-0.3, -0.25) is 9.69 Å². The number of aryl methyl sites for hydroxylation is 1. The zero-order valence-electron chi connectivity index (χ0n) is 10.8. The van der Waals surface area contributed by atoms with E-state index < -0.39 is 0 Å². The van der Waals surface area contributed by atoms with E-state index in [2.05, 4.69) is 30.1 Å². The summed E-state index contributed by atoms with van der Waals surface area (Å²) in [5.41, 5.74) is 4.34. The standard InChI is InChI=1S/C15H13ClN2O/c1-9-3-4-11-8-18(10(2)19)15-14(13(11)5-9)6-12(16)7-17-15/h3-7H,8H2,1-2H3. The summed E-state index contributed by atoms with van der Waals surface area (Å²) in [7, 11) is 0. The van der Waals surface area contributed by atoms with Crippen LogP contribution in [0.2, 0.25) is 5.02 Å². The maximum absolute atomic E-state index is 11.8. The van der Waals surface area contributed by atoms with Crippen molar-refractivity contribution in [3.05, 3.63) is 46.6 Å². The third kappa shape index (κ3) is 2.00. The van der Waals surface area contributed by atoms with Crippen molar-refractivity contribution in [3.8, 4) is 11.1 Å². The number of hydrogen-bond acceptors (Lipinski definition) is 2. The normalized spacial score (nSPS) is 12.9. The van der Waals surface area contributed by atoms with Crippen LogP contribution in [-0.2, 0) is 11.3 Å². The second-order valence-corrected chi connectivity index (χ2v) is 5.23. The van der Waals surface area contributed by atoms with Crippen molar-refractivity contribution in [2.24, 2.45) is 0 Å². The van der Waals surface area contributed by atoms with E-state index in [0.29, 0.717) is 17.4 Å². The van der Waals surface area contributed by atoms with Crippen molar-refractivity contribution in [2.75, 3.05) is 4.90 Å². The van der Waals surface area contributed by atoms with Crippen LogP contribution in [0.4, 0.5) is 5.82 Å². The molecule has 3 nitrogen and oxygen atoms in total. The zero-order valence-corrected chi connectivity index (χ0v) is 11.5. The molecule has 3 rings (SSSR count). The Kier molecular flexibility index (Phi) is 2.79. The Morgan fingerprint density at radius 3 is 2.84 bits per heavy atom. The van der Waals surface area contributed by atoms with Crippen LogP contribution in [0.15, 0.2) is 30.5 Å². The number of amides is 1. The minimum atomic E-state index is -0.0118. The lowest BCUT2D eigenvalue weighted by atomic mass is 9.94. The molecule has 1 aliphatic heterocycles. The topological polar surface area (TPSA) is 33.2 Å². The lowest BCUT2D eigenvalue weighted by Gasteiger charge is -2.29. The lowest BCUT2D eigenvalue weighted by Crippen LogP contribution is -2.31. The minimum absolute atomic E-state index is 0.0118. The van der Waals surface area contributed by atoms with Crippen molar-refractivity contribution in [1.29, 1.82) is 0 Å². The number of aromatic nitrogens is 1. The number of fused-ring (bicyclic) bond motifs is 3. The van der Waals surface area contributed by atoms with E-state index in [0.717, 1.165) is 16.7 Å². The Labute approximate surface area is 116 Å². The number of carbonyl (C=O) groups is 1. The molecule has 0 saturated heterocycles. The summed E-state index contributed by atoms with van der Waals surface area (Å²) in [5, 5.41) is 0.580. The highest BCUT2D eigenvalue weighted by Gasteiger charge is 2.25. The van der Waals surface area contributed by atoms with Gasteiger partial charge in [-0.1, -0.05) is 35.4 Å². The number of benzene rings is 1. The van der Waals surface area contributed by atoms with E-state index in [4.69, 9.17) is 11.6 Å². The summed E-state index contributed by atoms with van der Waals surface area (Å²) >= 11 is 6.04. The van der Waals surface area contributed by atoms with E-state index in [1.165, 1.54) is 5.56 Å². The van der Waals surface area contributed by atoms with Crippen LogP contribution in [0, 0.1) is 6.92 Å². The first-order chi connectivity index (χ1) is 9.06. The van der Waals surface area contributed by atoms with Gasteiger partial charge in [0.1, 0.15) is 5.82 Å². The van der Waals surface area contributed by atoms with Gasteiger partial charge in [-0.2, -0.15) is 0 Å². The number of rotatable bonds is 0. The molecule has 1 amide bonds. The molecule has 0 aliphatic carbocycles. The van der Waals surface area contributed by atoms with Crippen molar-refractivity contribution >= 4 is 23.3 Å². The molecule has 0 atom stereocenters. The average molecular weight is 273 g/mol. The SMILES string of the molecule is CC(=O)N1Cc2ccc(C)cc2-c2cc(Cl)cnc21. The van der Waals surface area contributed by atoms with Crippen LogP contribution >= 0.6 is 11.6 Å². The third-order valence-electron chi connectivity index (χ3n) is 3.35. The lowest BCUT2D eigenvalue weighted by molar-refractivity contribution is -0.116. The molecule has 1 aromatic heterocycles. The van der Waals surface area contributed by atoms with Gasteiger partial charge in [-0.05, 0) is 24.1 Å². The first-order valence-corrected chi connectivity index (χ1v) is 6.47. The first-order valence-electron chi connectivity index (χ1n) is 6.10. The molecule has 2 aromatic rings. The number of hydrogen-bond donors (Lipinski definition) is 0. The Hall–Kier alpha value is -1.87. The smallest absolute Gasteiger partial charge is 0.225 e. The van der Waals surface area contributed by atoms with Crippen molar-refractivity contribution < 1.29 is 4.79 Å². The van der Waals surface area contributed by atoms with Gasteiger partial charge in [-0.15, -0.1) is 0 Å². The minimum Gasteiger partial charge on any atom is -0.292 e. The van der Waals surface area contributed by atoms with Crippen LogP contribution in [-0.4, -0.2) is 10.9 Å². The maximum atomic E-state index is 11.8. The highest BCUT2D eigenvalue weighted by molar-refractivity contribution is 6.31. The van der Waals surface area contributed by atoms with Gasteiger partial charge in [0.25, 0.3) is 0 Å². The van der Waals surface area contributed by atoms with Crippen LogP contribution in [0.5, 0.6) is 0 Å². The molecular formula is C15H13ClN2O. The molecule has 0 spiro atoms. The summed E-state index contributed by atoms with van der Waals surface area (Å²) in [6, 6.07) is 8.10. The van der Waals surface area contributed by atoms with E-state index in [-0.39, 0.29) is 5.91 Å². The molecule has 4 heteroatoms. The number of nitrogens with zero attached hydrogens (tertiary/aromatic N) is 2. The fourth-order valence-corrected chi connectivity index (χ4v) is 2.59. The van der Waals surface area contributed by atoms with Gasteiger partial charge in [-0.25, -0.2) is 4.98 Å². The quantitative estimate of drug-likeness (QED) is 0.734. The summed E-state index contributed by atoms with van der Waals surface area (Å²) in [6.45, 7) is 4.17. The molecule has 2 heterocycles. The Morgan fingerprint density at radius 2 is 2.11 bits per heavy atom. The van der Waals surface area contributed by atoms with Crippen LogP contribution in [0.1, 0.15) is 18.1 Å². The number of pyridine rings is 1. The first kappa shape index (κ1) is 12.2. The van der Waals surface area contributed by atoms with E-state index in [1.54, 1.807) is 18.0 Å². The van der Waals surface area contributed by atoms with Crippen LogP contribution < -0.4 is 4.90 Å². The van der Waals surface area contributed by atoms with Gasteiger partial charge < -0.3 is 0 Å². The monoisotopic (exact) mass is 272 g/mol. The molecule has 1 aliphatic rings. The number of anilines is 1. The molecule has 0 radical (unpaired) electrons. The Bertz CT molecular complexity index is 682. The Morgan fingerprint density at radius 1 is 1.32 bits per heavy atom. The van der Waals surface area contributed by atoms with Gasteiger partial charge in [0.2, 0.25) is 5.91 Å². The molecule has 0 N–H and O–H groups in total. The highest BCUT2D eigenvalue weighted by Crippen LogP contribution is 2.39. The maximum Gasteiger partial charge on any atom is 0.225 e. The van der Waals surface area contributed by atoms with E-state index in [1.807, 2.05) is 6.07 Å². The predicted octanol–water partition coefficient (Wildman–Crippen LogP) is 3.58. The summed E-state index contributed by atoms with van der Waals surface area (Å²) in [4.78, 5) is 17.8. The predicted molar refractivity (Wildman–Crippen MR) is 76.3 cm³/mol. The fraction of sp³-hybridized carbons (Fsp3) is 0.200. The molecule has 19 heavy (non-hydrogen) atoms. The second-order valence-electron chi connectivity index (χ2n) is 4.79. The van der Waals surface area contributed by atoms with Crippen molar-refractivity contribution in [3.63, 3.8) is 0 Å². The summed E-state index contributed by atoms with van der Waals surface area (Å²) in [6.07, 6.45) is 1.58. The highest BCUT2D eigenvalue weighted by atomic mass is 35.5. The Balaban J connectivity index is 2.28. The molecule has 0 unspecified atom stereocenters. The van der Waals surface area contributed by atoms with E-state index in [9.17, 15) is 4.79 Å². The van der Waals surface area contributed by atoms with Gasteiger partial charge in [0.05, 0.1) is 11.6 Å². The van der Waals surface area contributed by atoms with Gasteiger partial charge in [0.15, 0.2) is 0 Å². The van der Waals surface area contributed by atoms with Crippen LogP contribution in [0.3, 0.4) is 0 Å². The molecule has 96 valence electrons. The second kappa shape index (κ2) is 4.35. The molecule has 0 bridgehead atoms. The molecular weight excluding hydrogens is 260 g/mol. The summed E-state index contributed by atoms with van der Waals surface area (Å²) < 4.78 is 0. The third-order valence-corrected chi connectivity index (χ3v) is 3.56. The number of carbonyl (C=O) groups excluding carboxylic acids is 1. The van der Waals surface area contributed by atoms with Gasteiger partial charge in [0, 0.05) is 18.7 Å². The van der Waals surface area contributed by atoms with Crippen molar-refractivity contribution in [1.82, 2.24) is 4.98 Å². The summed E-state index contributed by atoms with van der Waals surface area (Å²) in [5.74, 6) is 0.678. The fourth-order valence-electron chi connectivity index (χ4n) is 2.43. The number of halogens is 1. The average Bonchev–Trinajstić information content (AvgIpc) is 2.37.